The molecule has 0 fully saturated rings. The number of rotatable bonds is 8. The first kappa shape index (κ1) is 17.0. The Balaban J connectivity index is 2.82. The van der Waals surface area contributed by atoms with Gasteiger partial charge < -0.3 is 15.0 Å². The fraction of sp³-hybridized carbons (Fsp3) is 0.647. The topological polar surface area (TPSA) is 24.5 Å². The van der Waals surface area contributed by atoms with Crippen molar-refractivity contribution in [3.05, 3.63) is 29.3 Å². The second-order valence-corrected chi connectivity index (χ2v) is 5.93. The lowest BCUT2D eigenvalue weighted by Crippen LogP contribution is -2.33. The fourth-order valence-corrected chi connectivity index (χ4v) is 2.25. The molecular weight excluding hydrogens is 248 g/mol. The summed E-state index contributed by atoms with van der Waals surface area (Å²) in [5.74, 6) is 0. The summed E-state index contributed by atoms with van der Waals surface area (Å²) in [6.45, 7) is 13.6. The van der Waals surface area contributed by atoms with Gasteiger partial charge in [0.25, 0.3) is 0 Å². The van der Waals surface area contributed by atoms with Gasteiger partial charge in [0.2, 0.25) is 0 Å². The third kappa shape index (κ3) is 5.14. The molecule has 0 aliphatic heterocycles. The first-order valence-corrected chi connectivity index (χ1v) is 7.54. The molecule has 0 saturated carbocycles. The van der Waals surface area contributed by atoms with E-state index in [1.807, 2.05) is 0 Å². The fourth-order valence-electron chi connectivity index (χ4n) is 2.25. The molecule has 0 atom stereocenters. The Morgan fingerprint density at radius 3 is 2.40 bits per heavy atom. The van der Waals surface area contributed by atoms with Crippen molar-refractivity contribution in [1.82, 2.24) is 5.32 Å². The maximum atomic E-state index is 5.21. The molecule has 3 heteroatoms. The zero-order valence-corrected chi connectivity index (χ0v) is 13.9. The van der Waals surface area contributed by atoms with Crippen LogP contribution in [0.4, 0.5) is 5.69 Å². The van der Waals surface area contributed by atoms with E-state index in [9.17, 15) is 0 Å². The van der Waals surface area contributed by atoms with Crippen molar-refractivity contribution in [2.75, 3.05) is 25.2 Å². The van der Waals surface area contributed by atoms with Crippen LogP contribution in [0.5, 0.6) is 0 Å². The van der Waals surface area contributed by atoms with E-state index >= 15 is 0 Å². The first-order chi connectivity index (χ1) is 9.45. The standard InChI is InChI=1S/C17H30N2O/c1-13(2)18-12-16-7-8-17(11-15(16)5)19(14(3)4)9-10-20-6/h7-8,11,13-14,18H,9-10,12H2,1-6H3. The van der Waals surface area contributed by atoms with Crippen LogP contribution in [0, 0.1) is 6.92 Å². The van der Waals surface area contributed by atoms with Crippen molar-refractivity contribution in [2.45, 2.75) is 53.2 Å². The second-order valence-electron chi connectivity index (χ2n) is 5.93. The van der Waals surface area contributed by atoms with Gasteiger partial charge in [-0.15, -0.1) is 0 Å². The van der Waals surface area contributed by atoms with E-state index in [4.69, 9.17) is 4.74 Å². The highest BCUT2D eigenvalue weighted by Crippen LogP contribution is 2.21. The van der Waals surface area contributed by atoms with E-state index in [0.717, 1.165) is 19.7 Å². The maximum Gasteiger partial charge on any atom is 0.0637 e. The Hall–Kier alpha value is -1.06. The molecule has 0 aliphatic rings. The van der Waals surface area contributed by atoms with Gasteiger partial charge in [0, 0.05) is 38.0 Å². The molecule has 1 rings (SSSR count). The number of benzene rings is 1. The molecular formula is C17H30N2O. The average Bonchev–Trinajstić information content (AvgIpc) is 2.37. The van der Waals surface area contributed by atoms with Gasteiger partial charge >= 0.3 is 0 Å². The van der Waals surface area contributed by atoms with Crippen LogP contribution >= 0.6 is 0 Å². The van der Waals surface area contributed by atoms with Crippen LogP contribution in [-0.2, 0) is 11.3 Å². The molecule has 0 saturated heterocycles. The third-order valence-electron chi connectivity index (χ3n) is 3.52. The molecule has 0 radical (unpaired) electrons. The van der Waals surface area contributed by atoms with E-state index in [1.54, 1.807) is 7.11 Å². The van der Waals surface area contributed by atoms with Gasteiger partial charge in [-0.1, -0.05) is 19.9 Å². The number of nitrogens with one attached hydrogen (secondary N) is 1. The zero-order valence-electron chi connectivity index (χ0n) is 13.9. The molecule has 3 nitrogen and oxygen atoms in total. The van der Waals surface area contributed by atoms with E-state index in [-0.39, 0.29) is 0 Å². The second kappa shape index (κ2) is 8.28. The van der Waals surface area contributed by atoms with Gasteiger partial charge in [0.1, 0.15) is 0 Å². The minimum Gasteiger partial charge on any atom is -0.383 e. The predicted molar refractivity (Wildman–Crippen MR) is 87.5 cm³/mol. The molecule has 1 aromatic carbocycles. The van der Waals surface area contributed by atoms with E-state index in [2.05, 4.69) is 63.0 Å². The van der Waals surface area contributed by atoms with E-state index in [0.29, 0.717) is 12.1 Å². The lowest BCUT2D eigenvalue weighted by Gasteiger charge is -2.29. The number of nitrogens with zero attached hydrogens (tertiary/aromatic N) is 1. The quantitative estimate of drug-likeness (QED) is 0.789. The van der Waals surface area contributed by atoms with Crippen molar-refractivity contribution in [1.29, 1.82) is 0 Å². The Bertz CT molecular complexity index is 402. The molecule has 0 spiro atoms. The molecule has 114 valence electrons. The van der Waals surface area contributed by atoms with Gasteiger partial charge in [-0.05, 0) is 44.0 Å². The van der Waals surface area contributed by atoms with E-state index < -0.39 is 0 Å². The van der Waals surface area contributed by atoms with Crippen LogP contribution in [0.25, 0.3) is 0 Å². The van der Waals surface area contributed by atoms with E-state index in [1.165, 1.54) is 16.8 Å². The van der Waals surface area contributed by atoms with Gasteiger partial charge in [-0.25, -0.2) is 0 Å². The zero-order chi connectivity index (χ0) is 15.1. The van der Waals surface area contributed by atoms with Crippen LogP contribution < -0.4 is 10.2 Å². The third-order valence-corrected chi connectivity index (χ3v) is 3.52. The summed E-state index contributed by atoms with van der Waals surface area (Å²) < 4.78 is 5.21. The molecule has 0 amide bonds. The van der Waals surface area contributed by atoms with Gasteiger partial charge in [-0.3, -0.25) is 0 Å². The lowest BCUT2D eigenvalue weighted by atomic mass is 10.1. The van der Waals surface area contributed by atoms with Crippen molar-refractivity contribution >= 4 is 5.69 Å². The van der Waals surface area contributed by atoms with Gasteiger partial charge in [0.05, 0.1) is 6.61 Å². The number of methoxy groups -OCH3 is 1. The average molecular weight is 278 g/mol. The molecule has 0 heterocycles. The summed E-state index contributed by atoms with van der Waals surface area (Å²) in [5, 5.41) is 3.47. The van der Waals surface area contributed by atoms with Crippen LogP contribution in [-0.4, -0.2) is 32.3 Å². The summed E-state index contributed by atoms with van der Waals surface area (Å²) in [6.07, 6.45) is 0. The number of anilines is 1. The van der Waals surface area contributed by atoms with Crippen LogP contribution in [0.1, 0.15) is 38.8 Å². The number of hydrogen-bond donors (Lipinski definition) is 1. The Kier molecular flexibility index (Phi) is 7.03. The highest BCUT2D eigenvalue weighted by molar-refractivity contribution is 5.51. The van der Waals surface area contributed by atoms with Crippen molar-refractivity contribution < 1.29 is 4.74 Å². The van der Waals surface area contributed by atoms with Crippen LogP contribution in [0.15, 0.2) is 18.2 Å². The molecule has 0 unspecified atom stereocenters. The van der Waals surface area contributed by atoms with Gasteiger partial charge in [0.15, 0.2) is 0 Å². The lowest BCUT2D eigenvalue weighted by molar-refractivity contribution is 0.204. The smallest absolute Gasteiger partial charge is 0.0637 e. The van der Waals surface area contributed by atoms with Crippen LogP contribution in [0.2, 0.25) is 0 Å². The Morgan fingerprint density at radius 2 is 1.90 bits per heavy atom. The summed E-state index contributed by atoms with van der Waals surface area (Å²) in [5.41, 5.74) is 4.00. The minimum atomic E-state index is 0.476. The highest BCUT2D eigenvalue weighted by Gasteiger charge is 2.11. The Morgan fingerprint density at radius 1 is 1.20 bits per heavy atom. The predicted octanol–water partition coefficient (Wildman–Crippen LogP) is 3.35. The SMILES string of the molecule is COCCN(c1ccc(CNC(C)C)c(C)c1)C(C)C. The number of hydrogen-bond acceptors (Lipinski definition) is 3. The number of ether oxygens (including phenoxy) is 1. The number of aryl methyl sites for hydroxylation is 1. The highest BCUT2D eigenvalue weighted by atomic mass is 16.5. The summed E-state index contributed by atoms with van der Waals surface area (Å²) >= 11 is 0. The summed E-state index contributed by atoms with van der Waals surface area (Å²) in [7, 11) is 1.75. The Labute approximate surface area is 124 Å². The van der Waals surface area contributed by atoms with Crippen molar-refractivity contribution in [3.8, 4) is 0 Å². The van der Waals surface area contributed by atoms with Crippen LogP contribution in [0.3, 0.4) is 0 Å². The molecule has 0 bridgehead atoms. The first-order valence-electron chi connectivity index (χ1n) is 7.54. The normalized spacial score (nSPS) is 11.4. The minimum absolute atomic E-state index is 0.476. The maximum absolute atomic E-state index is 5.21. The molecule has 0 aliphatic carbocycles. The van der Waals surface area contributed by atoms with Crippen molar-refractivity contribution in [2.24, 2.45) is 0 Å². The molecule has 1 aromatic rings. The summed E-state index contributed by atoms with van der Waals surface area (Å²) in [6, 6.07) is 7.74. The molecule has 20 heavy (non-hydrogen) atoms. The summed E-state index contributed by atoms with van der Waals surface area (Å²) in [4.78, 5) is 2.39. The van der Waals surface area contributed by atoms with Crippen molar-refractivity contribution in [3.63, 3.8) is 0 Å². The monoisotopic (exact) mass is 278 g/mol. The van der Waals surface area contributed by atoms with Gasteiger partial charge in [-0.2, -0.15) is 0 Å². The molecule has 1 N–H and O–H groups in total. The largest absolute Gasteiger partial charge is 0.383 e. The molecule has 0 aromatic heterocycles.